The van der Waals surface area contributed by atoms with Gasteiger partial charge in [-0.05, 0) is 73.1 Å². The molecule has 6 unspecified atom stereocenters. The van der Waals surface area contributed by atoms with Gasteiger partial charge in [-0.25, -0.2) is 0 Å². The SMILES string of the molecule is CC(CC(=O)N1C2CC3CC(C2)C(C)C1C3)c1c[nH]c2cccc(-c3ccc(F)s3)c12. The van der Waals surface area contributed by atoms with E-state index in [0.717, 1.165) is 38.7 Å². The predicted octanol–water partition coefficient (Wildman–Crippen LogP) is 6.56. The van der Waals surface area contributed by atoms with Crippen LogP contribution in [0.15, 0.2) is 36.5 Å². The summed E-state index contributed by atoms with van der Waals surface area (Å²) in [7, 11) is 0. The number of aromatic amines is 1. The molecule has 1 amide bonds. The molecule has 4 fully saturated rings. The summed E-state index contributed by atoms with van der Waals surface area (Å²) in [6.07, 6.45) is 7.58. The second kappa shape index (κ2) is 7.19. The maximum Gasteiger partial charge on any atom is 0.223 e. The van der Waals surface area contributed by atoms with Crippen molar-refractivity contribution >= 4 is 28.1 Å². The lowest BCUT2D eigenvalue weighted by atomic mass is 9.59. The molecular weight excluding hydrogens is 407 g/mol. The molecule has 4 aliphatic rings. The van der Waals surface area contributed by atoms with Crippen LogP contribution in [0.1, 0.15) is 57.4 Å². The third-order valence-electron chi connectivity index (χ3n) is 8.37. The lowest BCUT2D eigenvalue weighted by Crippen LogP contribution is -2.63. The van der Waals surface area contributed by atoms with Crippen LogP contribution in [0.4, 0.5) is 4.39 Å². The number of amides is 1. The number of carbonyl (C=O) groups excluding carboxylic acids is 1. The summed E-state index contributed by atoms with van der Waals surface area (Å²) >= 11 is 1.18. The first kappa shape index (κ1) is 19.5. The molecule has 3 aromatic rings. The highest BCUT2D eigenvalue weighted by Crippen LogP contribution is 2.52. The van der Waals surface area contributed by atoms with Crippen molar-refractivity contribution in [3.63, 3.8) is 0 Å². The summed E-state index contributed by atoms with van der Waals surface area (Å²) in [4.78, 5) is 20.2. The van der Waals surface area contributed by atoms with Crippen LogP contribution in [0, 0.1) is 22.9 Å². The smallest absolute Gasteiger partial charge is 0.223 e. The fourth-order valence-electron chi connectivity index (χ4n) is 6.94. The lowest BCUT2D eigenvalue weighted by Gasteiger charge is -2.59. The number of nitrogens with one attached hydrogen (secondary N) is 1. The zero-order chi connectivity index (χ0) is 21.3. The van der Waals surface area contributed by atoms with E-state index in [1.54, 1.807) is 0 Å². The van der Waals surface area contributed by atoms with Gasteiger partial charge in [-0.2, -0.15) is 4.39 Å². The van der Waals surface area contributed by atoms with Gasteiger partial charge < -0.3 is 9.88 Å². The first-order valence-corrected chi connectivity index (χ1v) is 12.5. The number of piperidine rings is 2. The number of halogens is 1. The minimum atomic E-state index is -0.170. The van der Waals surface area contributed by atoms with Crippen LogP contribution >= 0.6 is 11.3 Å². The zero-order valence-electron chi connectivity index (χ0n) is 18.1. The van der Waals surface area contributed by atoms with E-state index < -0.39 is 0 Å². The summed E-state index contributed by atoms with van der Waals surface area (Å²) in [6.45, 7) is 4.52. The lowest BCUT2D eigenvalue weighted by molar-refractivity contribution is -0.156. The molecule has 1 N–H and O–H groups in total. The number of carbonyl (C=O) groups is 1. The third kappa shape index (κ3) is 3.07. The number of hydrogen-bond donors (Lipinski definition) is 1. The Morgan fingerprint density at radius 3 is 2.90 bits per heavy atom. The molecule has 31 heavy (non-hydrogen) atoms. The van der Waals surface area contributed by atoms with E-state index in [-0.39, 0.29) is 11.0 Å². The van der Waals surface area contributed by atoms with Crippen LogP contribution in [0.5, 0.6) is 0 Å². The van der Waals surface area contributed by atoms with Crippen LogP contribution in [0.3, 0.4) is 0 Å². The standard InChI is InChI=1S/C26H29FN2OS/c1-14(8-25(30)29-18-10-16-9-17(12-18)15(2)22(29)11-16)20-13-28-21-5-3-4-19(26(20)21)23-6-7-24(27)31-23/h3-7,13-18,22,28H,8-12H2,1-2H3. The first-order valence-electron chi connectivity index (χ1n) is 11.7. The number of thiophene rings is 1. The summed E-state index contributed by atoms with van der Waals surface area (Å²) in [6, 6.07) is 10.4. The van der Waals surface area contributed by atoms with Gasteiger partial charge in [-0.15, -0.1) is 11.3 Å². The highest BCUT2D eigenvalue weighted by Gasteiger charge is 2.52. The molecule has 3 nitrogen and oxygen atoms in total. The topological polar surface area (TPSA) is 36.1 Å². The molecule has 2 aliphatic heterocycles. The summed E-state index contributed by atoms with van der Waals surface area (Å²) in [5.41, 5.74) is 3.25. The molecule has 1 aromatic carbocycles. The van der Waals surface area contributed by atoms with Crippen LogP contribution in [-0.4, -0.2) is 27.9 Å². The Balaban J connectivity index is 1.29. The average molecular weight is 437 g/mol. The van der Waals surface area contributed by atoms with Gasteiger partial charge in [0, 0.05) is 46.0 Å². The normalized spacial score (nSPS) is 30.3. The van der Waals surface area contributed by atoms with Crippen LogP contribution < -0.4 is 0 Å². The zero-order valence-corrected chi connectivity index (χ0v) is 18.9. The largest absolute Gasteiger partial charge is 0.361 e. The van der Waals surface area contributed by atoms with Gasteiger partial charge in [0.2, 0.25) is 5.91 Å². The van der Waals surface area contributed by atoms with Gasteiger partial charge in [0.1, 0.15) is 0 Å². The summed E-state index contributed by atoms with van der Waals surface area (Å²) in [5.74, 6) is 2.74. The molecule has 162 valence electrons. The van der Waals surface area contributed by atoms with E-state index in [2.05, 4.69) is 35.9 Å². The maximum absolute atomic E-state index is 13.7. The Morgan fingerprint density at radius 1 is 1.23 bits per heavy atom. The molecule has 6 atom stereocenters. The van der Waals surface area contributed by atoms with E-state index in [0.29, 0.717) is 30.3 Å². The number of aromatic nitrogens is 1. The monoisotopic (exact) mass is 436 g/mol. The maximum atomic E-state index is 13.7. The molecule has 2 saturated carbocycles. The van der Waals surface area contributed by atoms with Gasteiger partial charge >= 0.3 is 0 Å². The Labute approximate surface area is 186 Å². The van der Waals surface area contributed by atoms with E-state index in [1.807, 2.05) is 18.3 Å². The molecule has 0 spiro atoms. The number of H-pyrrole nitrogens is 1. The molecule has 2 aliphatic carbocycles. The van der Waals surface area contributed by atoms with Crippen LogP contribution in [-0.2, 0) is 4.79 Å². The molecule has 4 heterocycles. The molecule has 0 radical (unpaired) electrons. The highest BCUT2D eigenvalue weighted by molar-refractivity contribution is 7.14. The molecule has 5 heteroatoms. The van der Waals surface area contributed by atoms with Crippen molar-refractivity contribution in [1.82, 2.24) is 9.88 Å². The van der Waals surface area contributed by atoms with Gasteiger partial charge in [0.05, 0.1) is 0 Å². The quantitative estimate of drug-likeness (QED) is 0.494. The number of hydrogen-bond acceptors (Lipinski definition) is 2. The fraction of sp³-hybridized carbons (Fsp3) is 0.500. The predicted molar refractivity (Wildman–Crippen MR) is 124 cm³/mol. The average Bonchev–Trinajstić information content (AvgIpc) is 3.37. The molecule has 2 saturated heterocycles. The molecule has 4 bridgehead atoms. The van der Waals surface area contributed by atoms with E-state index in [4.69, 9.17) is 0 Å². The van der Waals surface area contributed by atoms with Crippen molar-refractivity contribution in [3.8, 4) is 10.4 Å². The van der Waals surface area contributed by atoms with E-state index in [9.17, 15) is 9.18 Å². The summed E-state index contributed by atoms with van der Waals surface area (Å²) < 4.78 is 13.7. The second-order valence-electron chi connectivity index (χ2n) is 10.1. The van der Waals surface area contributed by atoms with Crippen molar-refractivity contribution in [3.05, 3.63) is 47.2 Å². The highest BCUT2D eigenvalue weighted by atomic mass is 32.1. The number of nitrogens with zero attached hydrogens (tertiary/aromatic N) is 1. The third-order valence-corrected chi connectivity index (χ3v) is 9.27. The first-order chi connectivity index (χ1) is 15.0. The Hall–Kier alpha value is -2.14. The van der Waals surface area contributed by atoms with Crippen molar-refractivity contribution < 1.29 is 9.18 Å². The Morgan fingerprint density at radius 2 is 2.10 bits per heavy atom. The number of benzene rings is 1. The minimum Gasteiger partial charge on any atom is -0.361 e. The Bertz CT molecular complexity index is 1150. The minimum absolute atomic E-state index is 0.111. The fourth-order valence-corrected chi connectivity index (χ4v) is 7.70. The van der Waals surface area contributed by atoms with Crippen molar-refractivity contribution in [2.45, 2.75) is 64.0 Å². The molecule has 7 rings (SSSR count). The summed E-state index contributed by atoms with van der Waals surface area (Å²) in [5, 5.41) is 0.953. The van der Waals surface area contributed by atoms with E-state index in [1.165, 1.54) is 43.1 Å². The second-order valence-corrected chi connectivity index (χ2v) is 11.2. The van der Waals surface area contributed by atoms with Gasteiger partial charge in [-0.1, -0.05) is 26.0 Å². The number of fused-ring (bicyclic) bond motifs is 1. The van der Waals surface area contributed by atoms with Crippen molar-refractivity contribution in [2.75, 3.05) is 0 Å². The van der Waals surface area contributed by atoms with Gasteiger partial charge in [-0.3, -0.25) is 4.79 Å². The number of rotatable bonds is 4. The van der Waals surface area contributed by atoms with Crippen molar-refractivity contribution in [2.24, 2.45) is 17.8 Å². The van der Waals surface area contributed by atoms with Crippen LogP contribution in [0.2, 0.25) is 0 Å². The molecular formula is C26H29FN2OS. The Kier molecular flexibility index (Phi) is 4.53. The van der Waals surface area contributed by atoms with Gasteiger partial charge in [0.25, 0.3) is 0 Å². The van der Waals surface area contributed by atoms with Crippen molar-refractivity contribution in [1.29, 1.82) is 0 Å². The van der Waals surface area contributed by atoms with Gasteiger partial charge in [0.15, 0.2) is 5.13 Å². The van der Waals surface area contributed by atoms with Crippen LogP contribution in [0.25, 0.3) is 21.3 Å². The molecule has 2 aromatic heterocycles. The van der Waals surface area contributed by atoms with E-state index >= 15 is 0 Å².